The lowest BCUT2D eigenvalue weighted by Crippen LogP contribution is -2.46. The number of hydrogen-bond donors (Lipinski definition) is 1. The fraction of sp³-hybridized carbons (Fsp3) is 0.480. The molecule has 5 heteroatoms. The minimum absolute atomic E-state index is 0.0175. The van der Waals surface area contributed by atoms with E-state index in [0.29, 0.717) is 11.8 Å². The summed E-state index contributed by atoms with van der Waals surface area (Å²) < 4.78 is 13.1. The molecule has 1 unspecified atom stereocenters. The van der Waals surface area contributed by atoms with Gasteiger partial charge < -0.3 is 15.1 Å². The molecule has 0 bridgehead atoms. The van der Waals surface area contributed by atoms with Crippen molar-refractivity contribution in [3.8, 4) is 0 Å². The maximum absolute atomic E-state index is 13.1. The summed E-state index contributed by atoms with van der Waals surface area (Å²) in [6.07, 6.45) is 5.72. The monoisotopic (exact) mass is 409 g/mol. The predicted molar refractivity (Wildman–Crippen MR) is 119 cm³/mol. The summed E-state index contributed by atoms with van der Waals surface area (Å²) >= 11 is 0. The second-order valence-corrected chi connectivity index (χ2v) is 8.83. The Morgan fingerprint density at radius 3 is 2.40 bits per heavy atom. The van der Waals surface area contributed by atoms with Crippen molar-refractivity contribution in [2.45, 2.75) is 32.1 Å². The zero-order valence-electron chi connectivity index (χ0n) is 17.6. The van der Waals surface area contributed by atoms with Gasteiger partial charge in [-0.3, -0.25) is 0 Å². The molecule has 0 radical (unpaired) electrons. The van der Waals surface area contributed by atoms with Crippen molar-refractivity contribution in [2.75, 3.05) is 38.0 Å². The molecule has 160 valence electrons. The largest absolute Gasteiger partial charge is 0.324 e. The highest BCUT2D eigenvalue weighted by atomic mass is 19.1. The first-order valence-corrected chi connectivity index (χ1v) is 11.2. The smallest absolute Gasteiger partial charge is 0.321 e. The van der Waals surface area contributed by atoms with Crippen LogP contribution in [-0.4, -0.2) is 48.6 Å². The first-order valence-electron chi connectivity index (χ1n) is 11.2. The van der Waals surface area contributed by atoms with Crippen LogP contribution in [0.1, 0.15) is 31.2 Å². The van der Waals surface area contributed by atoms with Crippen LogP contribution in [0.4, 0.5) is 14.9 Å². The predicted octanol–water partition coefficient (Wildman–Crippen LogP) is 5.02. The van der Waals surface area contributed by atoms with Crippen LogP contribution >= 0.6 is 0 Å². The Hall–Kier alpha value is -2.40. The summed E-state index contributed by atoms with van der Waals surface area (Å²) in [6, 6.07) is 16.7. The molecule has 1 atom stereocenters. The van der Waals surface area contributed by atoms with Crippen LogP contribution in [0.25, 0.3) is 0 Å². The Morgan fingerprint density at radius 2 is 1.67 bits per heavy atom. The molecule has 4 nitrogen and oxygen atoms in total. The van der Waals surface area contributed by atoms with Gasteiger partial charge in [0, 0.05) is 25.3 Å². The molecular formula is C25H32FN3O. The van der Waals surface area contributed by atoms with Crippen molar-refractivity contribution in [1.82, 2.24) is 9.80 Å². The average molecular weight is 410 g/mol. The third-order valence-electron chi connectivity index (χ3n) is 6.49. The molecule has 2 heterocycles. The summed E-state index contributed by atoms with van der Waals surface area (Å²) in [5.41, 5.74) is 2.09. The Morgan fingerprint density at radius 1 is 0.933 bits per heavy atom. The van der Waals surface area contributed by atoms with Crippen molar-refractivity contribution in [3.63, 3.8) is 0 Å². The second kappa shape index (κ2) is 10.1. The van der Waals surface area contributed by atoms with Crippen LogP contribution < -0.4 is 5.32 Å². The zero-order valence-corrected chi connectivity index (χ0v) is 17.6. The highest BCUT2D eigenvalue weighted by molar-refractivity contribution is 5.89. The third kappa shape index (κ3) is 5.82. The van der Waals surface area contributed by atoms with E-state index in [4.69, 9.17) is 0 Å². The van der Waals surface area contributed by atoms with E-state index in [2.05, 4.69) is 10.2 Å². The maximum Gasteiger partial charge on any atom is 0.321 e. The van der Waals surface area contributed by atoms with E-state index in [1.54, 1.807) is 12.1 Å². The first kappa shape index (κ1) is 20.9. The standard InChI is InChI=1S/C25H32FN3O/c26-23-10-8-20(9-11-23)17-21-12-15-28(16-13-21)18-22-5-4-14-29(19-22)25(30)27-24-6-2-1-3-7-24/h1-3,6-11,21-22H,4-5,12-19H2,(H,27,30). The molecule has 2 aromatic rings. The summed E-state index contributed by atoms with van der Waals surface area (Å²) in [7, 11) is 0. The maximum atomic E-state index is 13.1. The normalized spacial score (nSPS) is 20.8. The van der Waals surface area contributed by atoms with Crippen molar-refractivity contribution < 1.29 is 9.18 Å². The Kier molecular flexibility index (Phi) is 7.00. The van der Waals surface area contributed by atoms with Gasteiger partial charge in [-0.15, -0.1) is 0 Å². The van der Waals surface area contributed by atoms with Crippen molar-refractivity contribution in [1.29, 1.82) is 0 Å². The molecule has 1 N–H and O–H groups in total. The molecule has 0 aromatic heterocycles. The van der Waals surface area contributed by atoms with E-state index >= 15 is 0 Å². The number of likely N-dealkylation sites (tertiary alicyclic amines) is 2. The number of carbonyl (C=O) groups is 1. The van der Waals surface area contributed by atoms with Gasteiger partial charge in [-0.05, 0) is 86.9 Å². The van der Waals surface area contributed by atoms with E-state index in [-0.39, 0.29) is 11.8 Å². The van der Waals surface area contributed by atoms with E-state index in [1.807, 2.05) is 47.4 Å². The van der Waals surface area contributed by atoms with Gasteiger partial charge in [0.15, 0.2) is 0 Å². The first-order chi connectivity index (χ1) is 14.7. The van der Waals surface area contributed by atoms with Gasteiger partial charge in [0.1, 0.15) is 5.82 Å². The molecule has 30 heavy (non-hydrogen) atoms. The van der Waals surface area contributed by atoms with E-state index in [9.17, 15) is 9.18 Å². The second-order valence-electron chi connectivity index (χ2n) is 8.83. The number of para-hydroxylation sites is 1. The van der Waals surface area contributed by atoms with Gasteiger partial charge in [-0.1, -0.05) is 30.3 Å². The number of halogens is 1. The van der Waals surface area contributed by atoms with Crippen LogP contribution in [0, 0.1) is 17.7 Å². The minimum atomic E-state index is -0.160. The number of rotatable bonds is 5. The van der Waals surface area contributed by atoms with Crippen molar-refractivity contribution in [2.24, 2.45) is 11.8 Å². The molecule has 0 aliphatic carbocycles. The molecule has 2 aromatic carbocycles. The lowest BCUT2D eigenvalue weighted by Gasteiger charge is -2.38. The zero-order chi connectivity index (χ0) is 20.8. The number of hydrogen-bond acceptors (Lipinski definition) is 2. The number of amides is 2. The topological polar surface area (TPSA) is 35.6 Å². The molecular weight excluding hydrogens is 377 g/mol. The summed E-state index contributed by atoms with van der Waals surface area (Å²) in [4.78, 5) is 17.2. The highest BCUT2D eigenvalue weighted by Crippen LogP contribution is 2.25. The molecule has 2 fully saturated rings. The summed E-state index contributed by atoms with van der Waals surface area (Å²) in [6.45, 7) is 5.01. The quantitative estimate of drug-likeness (QED) is 0.752. The highest BCUT2D eigenvalue weighted by Gasteiger charge is 2.27. The molecule has 2 aliphatic rings. The number of carbonyl (C=O) groups excluding carboxylic acids is 1. The van der Waals surface area contributed by atoms with Gasteiger partial charge >= 0.3 is 6.03 Å². The fourth-order valence-electron chi connectivity index (χ4n) is 4.81. The fourth-order valence-corrected chi connectivity index (χ4v) is 4.81. The number of benzene rings is 2. The SMILES string of the molecule is O=C(Nc1ccccc1)N1CCCC(CN2CCC(Cc3ccc(F)cc3)CC2)C1. The van der Waals surface area contributed by atoms with Crippen LogP contribution in [0.5, 0.6) is 0 Å². The Balaban J connectivity index is 1.21. The lowest BCUT2D eigenvalue weighted by atomic mass is 9.89. The van der Waals surface area contributed by atoms with Crippen LogP contribution in [0.15, 0.2) is 54.6 Å². The summed E-state index contributed by atoms with van der Waals surface area (Å²) in [5.74, 6) is 1.08. The number of urea groups is 1. The molecule has 2 saturated heterocycles. The Labute approximate surface area is 179 Å². The molecule has 2 aliphatic heterocycles. The van der Waals surface area contributed by atoms with Gasteiger partial charge in [0.05, 0.1) is 0 Å². The van der Waals surface area contributed by atoms with E-state index in [1.165, 1.54) is 24.8 Å². The third-order valence-corrected chi connectivity index (χ3v) is 6.49. The molecule has 2 amide bonds. The summed E-state index contributed by atoms with van der Waals surface area (Å²) in [5, 5.41) is 3.02. The minimum Gasteiger partial charge on any atom is -0.324 e. The number of nitrogens with one attached hydrogen (secondary N) is 1. The number of piperidine rings is 2. The number of anilines is 1. The van der Waals surface area contributed by atoms with Crippen LogP contribution in [0.3, 0.4) is 0 Å². The van der Waals surface area contributed by atoms with E-state index in [0.717, 1.165) is 51.3 Å². The van der Waals surface area contributed by atoms with Crippen molar-refractivity contribution in [3.05, 3.63) is 66.0 Å². The van der Waals surface area contributed by atoms with Gasteiger partial charge in [-0.25, -0.2) is 9.18 Å². The van der Waals surface area contributed by atoms with Crippen LogP contribution in [0.2, 0.25) is 0 Å². The van der Waals surface area contributed by atoms with Gasteiger partial charge in [0.25, 0.3) is 0 Å². The van der Waals surface area contributed by atoms with E-state index < -0.39 is 0 Å². The Bertz CT molecular complexity index is 803. The molecule has 0 saturated carbocycles. The lowest BCUT2D eigenvalue weighted by molar-refractivity contribution is 0.121. The van der Waals surface area contributed by atoms with Crippen LogP contribution in [-0.2, 0) is 6.42 Å². The average Bonchev–Trinajstić information content (AvgIpc) is 2.78. The molecule has 0 spiro atoms. The van der Waals surface area contributed by atoms with Crippen molar-refractivity contribution >= 4 is 11.7 Å². The van der Waals surface area contributed by atoms with Gasteiger partial charge in [0.2, 0.25) is 0 Å². The molecule has 4 rings (SSSR count). The number of nitrogens with zero attached hydrogens (tertiary/aromatic N) is 2. The van der Waals surface area contributed by atoms with Gasteiger partial charge in [-0.2, -0.15) is 0 Å².